The van der Waals surface area contributed by atoms with E-state index >= 15 is 0 Å². The SMILES string of the molecule is CC(C)(C)c1ccc2c(c1)c1ccccc1n2-c1cccc(-c2ccccc2)c1-c1cc(-c2c(-c3ccccc3)cccc2-n2c3ccccc3c3cc(C(C)(C)C)ccc32)nc(-c2ccccc2)n1. The van der Waals surface area contributed by atoms with Gasteiger partial charge in [-0.1, -0.05) is 205 Å². The minimum atomic E-state index is -0.00946. The molecule has 0 aliphatic rings. The summed E-state index contributed by atoms with van der Waals surface area (Å²) < 4.78 is 4.91. The van der Waals surface area contributed by atoms with Crippen molar-refractivity contribution in [1.82, 2.24) is 19.1 Å². The molecule has 9 aromatic carbocycles. The van der Waals surface area contributed by atoms with Crippen LogP contribution in [-0.4, -0.2) is 19.1 Å². The summed E-state index contributed by atoms with van der Waals surface area (Å²) in [6, 6.07) is 79.3. The van der Waals surface area contributed by atoms with Gasteiger partial charge >= 0.3 is 0 Å². The third kappa shape index (κ3) is 7.30. The molecule has 0 aliphatic carbocycles. The minimum Gasteiger partial charge on any atom is -0.309 e. The van der Waals surface area contributed by atoms with E-state index in [9.17, 15) is 0 Å². The molecule has 70 heavy (non-hydrogen) atoms. The largest absolute Gasteiger partial charge is 0.309 e. The van der Waals surface area contributed by atoms with E-state index < -0.39 is 0 Å². The molecule has 0 radical (unpaired) electrons. The van der Waals surface area contributed by atoms with Gasteiger partial charge in [0.2, 0.25) is 0 Å². The predicted molar refractivity (Wildman–Crippen MR) is 295 cm³/mol. The Bertz CT molecular complexity index is 3700. The quantitative estimate of drug-likeness (QED) is 0.160. The maximum Gasteiger partial charge on any atom is 0.160 e. The molecule has 3 aromatic heterocycles. The van der Waals surface area contributed by atoms with Crippen molar-refractivity contribution < 1.29 is 0 Å². The highest BCUT2D eigenvalue weighted by Crippen LogP contribution is 2.46. The van der Waals surface area contributed by atoms with Crippen molar-refractivity contribution in [3.8, 4) is 67.5 Å². The van der Waals surface area contributed by atoms with Crippen molar-refractivity contribution >= 4 is 43.6 Å². The van der Waals surface area contributed by atoms with Gasteiger partial charge in [0.1, 0.15) is 0 Å². The summed E-state index contributed by atoms with van der Waals surface area (Å²) in [7, 11) is 0. The first-order valence-corrected chi connectivity index (χ1v) is 24.4. The molecule has 0 amide bonds. The van der Waals surface area contributed by atoms with Crippen LogP contribution in [0.2, 0.25) is 0 Å². The number of benzene rings is 9. The fourth-order valence-electron chi connectivity index (χ4n) is 10.5. The Hall–Kier alpha value is -8.34. The summed E-state index contributed by atoms with van der Waals surface area (Å²) in [4.78, 5) is 11.3. The predicted octanol–water partition coefficient (Wildman–Crippen LogP) is 17.6. The highest BCUT2D eigenvalue weighted by atomic mass is 15.0. The third-order valence-corrected chi connectivity index (χ3v) is 14.1. The second-order valence-corrected chi connectivity index (χ2v) is 20.6. The molecule has 0 fully saturated rings. The zero-order chi connectivity index (χ0) is 47.7. The Morgan fingerprint density at radius 3 is 1.10 bits per heavy atom. The van der Waals surface area contributed by atoms with Crippen molar-refractivity contribution in [2.75, 3.05) is 0 Å². The zero-order valence-electron chi connectivity index (χ0n) is 40.6. The monoisotopic (exact) mass is 902 g/mol. The maximum absolute atomic E-state index is 5.66. The molecule has 0 aliphatic heterocycles. The Labute approximate surface area is 410 Å². The van der Waals surface area contributed by atoms with Crippen LogP contribution in [0.3, 0.4) is 0 Å². The summed E-state index contributed by atoms with van der Waals surface area (Å²) in [6.07, 6.45) is 0. The summed E-state index contributed by atoms with van der Waals surface area (Å²) in [6.45, 7) is 13.7. The van der Waals surface area contributed by atoms with Crippen molar-refractivity contribution in [3.05, 3.63) is 230 Å². The molecule has 0 atom stereocenters. The van der Waals surface area contributed by atoms with Crippen molar-refractivity contribution in [2.24, 2.45) is 0 Å². The average Bonchev–Trinajstić information content (AvgIpc) is 3.90. The lowest BCUT2D eigenvalue weighted by Gasteiger charge is -2.22. The average molecular weight is 903 g/mol. The fraction of sp³-hybridized carbons (Fsp3) is 0.121. The summed E-state index contributed by atoms with van der Waals surface area (Å²) in [5.41, 5.74) is 18.4. The van der Waals surface area contributed by atoms with Crippen molar-refractivity contribution in [3.63, 3.8) is 0 Å². The van der Waals surface area contributed by atoms with Crippen LogP contribution in [0.4, 0.5) is 0 Å². The molecular formula is C66H54N4. The van der Waals surface area contributed by atoms with Crippen LogP contribution in [0.25, 0.3) is 111 Å². The van der Waals surface area contributed by atoms with Crippen molar-refractivity contribution in [2.45, 2.75) is 52.4 Å². The molecule has 0 bridgehead atoms. The normalized spacial score (nSPS) is 12.1. The van der Waals surface area contributed by atoms with Crippen LogP contribution in [0.5, 0.6) is 0 Å². The van der Waals surface area contributed by atoms with Gasteiger partial charge in [0.05, 0.1) is 44.8 Å². The first kappa shape index (κ1) is 43.0. The lowest BCUT2D eigenvalue weighted by Crippen LogP contribution is -2.10. The van der Waals surface area contributed by atoms with E-state index in [-0.39, 0.29) is 10.8 Å². The van der Waals surface area contributed by atoms with E-state index in [1.807, 2.05) is 0 Å². The van der Waals surface area contributed by atoms with E-state index in [0.29, 0.717) is 5.82 Å². The Morgan fingerprint density at radius 1 is 0.314 bits per heavy atom. The first-order chi connectivity index (χ1) is 34.0. The Balaban J connectivity index is 1.21. The van der Waals surface area contributed by atoms with Gasteiger partial charge in [-0.25, -0.2) is 9.97 Å². The molecule has 3 heterocycles. The van der Waals surface area contributed by atoms with E-state index in [0.717, 1.165) is 83.8 Å². The number of hydrogen-bond donors (Lipinski definition) is 0. The van der Waals surface area contributed by atoms with Crippen LogP contribution < -0.4 is 0 Å². The van der Waals surface area contributed by atoms with Crippen LogP contribution >= 0.6 is 0 Å². The third-order valence-electron chi connectivity index (χ3n) is 14.1. The smallest absolute Gasteiger partial charge is 0.160 e. The number of hydrogen-bond acceptors (Lipinski definition) is 2. The lowest BCUT2D eigenvalue weighted by atomic mass is 9.86. The van der Waals surface area contributed by atoms with Gasteiger partial charge in [-0.15, -0.1) is 0 Å². The van der Waals surface area contributed by atoms with Gasteiger partial charge in [-0.2, -0.15) is 0 Å². The summed E-state index contributed by atoms with van der Waals surface area (Å²) >= 11 is 0. The van der Waals surface area contributed by atoms with Crippen molar-refractivity contribution in [1.29, 1.82) is 0 Å². The molecule has 4 nitrogen and oxygen atoms in total. The van der Waals surface area contributed by atoms with Gasteiger partial charge in [-0.3, -0.25) is 0 Å². The Kier molecular flexibility index (Phi) is 10.3. The fourth-order valence-corrected chi connectivity index (χ4v) is 10.5. The molecule has 0 spiro atoms. The number of nitrogens with zero attached hydrogens (tertiary/aromatic N) is 4. The molecule has 0 N–H and O–H groups in total. The molecule has 338 valence electrons. The van der Waals surface area contributed by atoms with Gasteiger partial charge in [0.25, 0.3) is 0 Å². The molecule has 12 rings (SSSR count). The second kappa shape index (κ2) is 16.7. The van der Waals surface area contributed by atoms with Crippen LogP contribution in [0.15, 0.2) is 218 Å². The first-order valence-electron chi connectivity index (χ1n) is 24.4. The van der Waals surface area contributed by atoms with E-state index in [1.165, 1.54) is 32.7 Å². The highest BCUT2D eigenvalue weighted by Gasteiger charge is 2.26. The summed E-state index contributed by atoms with van der Waals surface area (Å²) in [5, 5.41) is 4.90. The highest BCUT2D eigenvalue weighted by molar-refractivity contribution is 6.12. The minimum absolute atomic E-state index is 0.00946. The molecule has 4 heteroatoms. The van der Waals surface area contributed by atoms with Gasteiger partial charge in [-0.05, 0) is 98.8 Å². The van der Waals surface area contributed by atoms with Crippen LogP contribution in [-0.2, 0) is 10.8 Å². The Morgan fingerprint density at radius 2 is 0.686 bits per heavy atom. The standard InChI is InChI=1S/C66H54N4/c1-65(2,3)46-36-38-58-52(40-46)50-28-16-18-32-56(50)69(58)60-34-20-30-48(43-22-10-7-11-23-43)62(60)54-42-55(68-64(67-54)45-26-14-9-15-27-45)63-49(44-24-12-8-13-25-44)31-21-35-61(63)70-57-33-19-17-29-51(57)53-41-47(66(4,5)6)37-39-59(53)70/h7-42H,1-6H3. The van der Waals surface area contributed by atoms with Crippen LogP contribution in [0.1, 0.15) is 52.7 Å². The van der Waals surface area contributed by atoms with Gasteiger partial charge in [0, 0.05) is 38.2 Å². The second-order valence-electron chi connectivity index (χ2n) is 20.6. The topological polar surface area (TPSA) is 35.6 Å². The number of fused-ring (bicyclic) bond motifs is 6. The molecule has 0 saturated heterocycles. The van der Waals surface area contributed by atoms with Gasteiger partial charge in [0.15, 0.2) is 5.82 Å². The molecule has 0 saturated carbocycles. The zero-order valence-corrected chi connectivity index (χ0v) is 40.6. The van der Waals surface area contributed by atoms with E-state index in [2.05, 4.69) is 269 Å². The maximum atomic E-state index is 5.66. The number of rotatable bonds is 7. The summed E-state index contributed by atoms with van der Waals surface area (Å²) in [5.74, 6) is 0.657. The van der Waals surface area contributed by atoms with E-state index in [1.54, 1.807) is 0 Å². The van der Waals surface area contributed by atoms with Gasteiger partial charge < -0.3 is 9.13 Å². The molecular weight excluding hydrogens is 849 g/mol. The number of para-hydroxylation sites is 2. The number of aromatic nitrogens is 4. The molecule has 0 unspecified atom stereocenters. The lowest BCUT2D eigenvalue weighted by molar-refractivity contribution is 0.591. The molecule has 12 aromatic rings. The van der Waals surface area contributed by atoms with Crippen LogP contribution in [0, 0.1) is 0 Å². The van der Waals surface area contributed by atoms with E-state index in [4.69, 9.17) is 9.97 Å².